The number of urea groups is 1. The molecule has 0 saturated carbocycles. The van der Waals surface area contributed by atoms with E-state index in [9.17, 15) is 9.90 Å². The van der Waals surface area contributed by atoms with Crippen LogP contribution in [0.2, 0.25) is 0 Å². The van der Waals surface area contributed by atoms with Crippen molar-refractivity contribution in [3.8, 4) is 11.5 Å². The van der Waals surface area contributed by atoms with Crippen LogP contribution in [0.4, 0.5) is 4.79 Å². The number of phenols is 1. The molecule has 1 rings (SSSR count). The molecule has 0 aliphatic carbocycles. The number of nitrogens with two attached hydrogens (primary N) is 1. The summed E-state index contributed by atoms with van der Waals surface area (Å²) in [6.07, 6.45) is 0. The maximum atomic E-state index is 10.4. The number of hydrogen-bond acceptors (Lipinski definition) is 3. The van der Waals surface area contributed by atoms with Crippen molar-refractivity contribution < 1.29 is 14.6 Å². The summed E-state index contributed by atoms with van der Waals surface area (Å²) in [5.41, 5.74) is 5.71. The van der Waals surface area contributed by atoms with Crippen molar-refractivity contribution in [2.75, 3.05) is 7.11 Å². The zero-order valence-corrected chi connectivity index (χ0v) is 7.78. The molecule has 0 unspecified atom stereocenters. The minimum atomic E-state index is -0.586. The standard InChI is InChI=1S/C9H12N2O3/c1-14-8-4-6(2-3-7(8)12)5-11-9(10)13/h2-4,12H,5H2,1H3,(H3,10,11,13). The SMILES string of the molecule is COc1cc(CNC(N)=O)ccc1O. The number of nitrogens with one attached hydrogen (secondary N) is 1. The van der Waals surface area contributed by atoms with Crippen LogP contribution in [0.15, 0.2) is 18.2 Å². The van der Waals surface area contributed by atoms with Crippen molar-refractivity contribution >= 4 is 6.03 Å². The molecule has 2 amide bonds. The van der Waals surface area contributed by atoms with Crippen LogP contribution in [-0.4, -0.2) is 18.2 Å². The van der Waals surface area contributed by atoms with E-state index in [4.69, 9.17) is 10.5 Å². The fraction of sp³-hybridized carbons (Fsp3) is 0.222. The van der Waals surface area contributed by atoms with Crippen molar-refractivity contribution in [3.63, 3.8) is 0 Å². The van der Waals surface area contributed by atoms with Crippen LogP contribution in [0, 0.1) is 0 Å². The van der Waals surface area contributed by atoms with Gasteiger partial charge in [0.1, 0.15) is 0 Å². The smallest absolute Gasteiger partial charge is 0.312 e. The maximum absolute atomic E-state index is 10.4. The Morgan fingerprint density at radius 2 is 2.36 bits per heavy atom. The number of hydrogen-bond donors (Lipinski definition) is 3. The summed E-state index contributed by atoms with van der Waals surface area (Å²) in [5.74, 6) is 0.434. The molecular formula is C9H12N2O3. The van der Waals surface area contributed by atoms with Gasteiger partial charge < -0.3 is 20.9 Å². The molecule has 5 nitrogen and oxygen atoms in total. The Bertz CT molecular complexity index is 339. The summed E-state index contributed by atoms with van der Waals surface area (Å²) in [5, 5.41) is 11.7. The summed E-state index contributed by atoms with van der Waals surface area (Å²) >= 11 is 0. The molecule has 1 aromatic rings. The van der Waals surface area contributed by atoms with Crippen LogP contribution in [0.5, 0.6) is 11.5 Å². The van der Waals surface area contributed by atoms with Crippen LogP contribution in [0.3, 0.4) is 0 Å². The number of methoxy groups -OCH3 is 1. The average Bonchev–Trinajstić information content (AvgIpc) is 2.16. The Kier molecular flexibility index (Phi) is 3.17. The monoisotopic (exact) mass is 196 g/mol. The molecule has 0 atom stereocenters. The van der Waals surface area contributed by atoms with E-state index in [1.54, 1.807) is 12.1 Å². The Balaban J connectivity index is 2.74. The lowest BCUT2D eigenvalue weighted by Crippen LogP contribution is -2.28. The highest BCUT2D eigenvalue weighted by Crippen LogP contribution is 2.25. The van der Waals surface area contributed by atoms with Crippen molar-refractivity contribution in [2.45, 2.75) is 6.54 Å². The molecule has 0 aliphatic heterocycles. The normalized spacial score (nSPS) is 9.50. The van der Waals surface area contributed by atoms with Gasteiger partial charge in [0.25, 0.3) is 0 Å². The molecule has 0 aliphatic rings. The Hall–Kier alpha value is -1.91. The van der Waals surface area contributed by atoms with Crippen molar-refractivity contribution in [1.29, 1.82) is 0 Å². The second-order valence-electron chi connectivity index (χ2n) is 2.72. The van der Waals surface area contributed by atoms with E-state index >= 15 is 0 Å². The molecule has 0 bridgehead atoms. The molecule has 0 fully saturated rings. The second kappa shape index (κ2) is 4.36. The maximum Gasteiger partial charge on any atom is 0.312 e. The van der Waals surface area contributed by atoms with Gasteiger partial charge in [-0.25, -0.2) is 4.79 Å². The lowest BCUT2D eigenvalue weighted by molar-refractivity contribution is 0.248. The van der Waals surface area contributed by atoms with Crippen molar-refractivity contribution in [3.05, 3.63) is 23.8 Å². The summed E-state index contributed by atoms with van der Waals surface area (Å²) < 4.78 is 4.90. The van der Waals surface area contributed by atoms with Crippen molar-refractivity contribution in [2.24, 2.45) is 5.73 Å². The highest BCUT2D eigenvalue weighted by Gasteiger charge is 2.02. The van der Waals surface area contributed by atoms with Gasteiger partial charge in [0.2, 0.25) is 0 Å². The molecule has 0 heterocycles. The van der Waals surface area contributed by atoms with E-state index < -0.39 is 6.03 Å². The fourth-order valence-electron chi connectivity index (χ4n) is 1.02. The van der Waals surface area contributed by atoms with Gasteiger partial charge in [-0.2, -0.15) is 0 Å². The minimum Gasteiger partial charge on any atom is -0.504 e. The molecule has 0 radical (unpaired) electrons. The first-order chi connectivity index (χ1) is 6.63. The third-order valence-electron chi connectivity index (χ3n) is 1.71. The summed E-state index contributed by atoms with van der Waals surface area (Å²) in [4.78, 5) is 10.4. The highest BCUT2D eigenvalue weighted by molar-refractivity contribution is 5.71. The quantitative estimate of drug-likeness (QED) is 0.660. The predicted octanol–water partition coefficient (Wildman–Crippen LogP) is 0.569. The molecule has 0 spiro atoms. The summed E-state index contributed by atoms with van der Waals surface area (Å²) in [6, 6.07) is 4.22. The number of carbonyl (C=O) groups is 1. The van der Waals surface area contributed by atoms with Gasteiger partial charge in [0.15, 0.2) is 11.5 Å². The van der Waals surface area contributed by atoms with Gasteiger partial charge in [0.05, 0.1) is 7.11 Å². The largest absolute Gasteiger partial charge is 0.504 e. The Morgan fingerprint density at radius 1 is 1.64 bits per heavy atom. The Labute approximate surface area is 81.5 Å². The third kappa shape index (κ3) is 2.55. The molecule has 5 heteroatoms. The topological polar surface area (TPSA) is 84.6 Å². The number of rotatable bonds is 3. The summed E-state index contributed by atoms with van der Waals surface area (Å²) in [7, 11) is 1.46. The number of benzene rings is 1. The first-order valence-corrected chi connectivity index (χ1v) is 4.02. The number of amides is 2. The van der Waals surface area contributed by atoms with Gasteiger partial charge in [-0.15, -0.1) is 0 Å². The van der Waals surface area contributed by atoms with E-state index in [0.717, 1.165) is 5.56 Å². The number of ether oxygens (including phenoxy) is 1. The van der Waals surface area contributed by atoms with Crippen LogP contribution < -0.4 is 15.8 Å². The van der Waals surface area contributed by atoms with Gasteiger partial charge in [-0.3, -0.25) is 0 Å². The minimum absolute atomic E-state index is 0.0651. The van der Waals surface area contributed by atoms with Gasteiger partial charge in [0, 0.05) is 6.54 Å². The molecule has 76 valence electrons. The third-order valence-corrected chi connectivity index (χ3v) is 1.71. The van der Waals surface area contributed by atoms with E-state index in [0.29, 0.717) is 12.3 Å². The fourth-order valence-corrected chi connectivity index (χ4v) is 1.02. The van der Waals surface area contributed by atoms with Gasteiger partial charge in [-0.05, 0) is 17.7 Å². The molecule has 14 heavy (non-hydrogen) atoms. The average molecular weight is 196 g/mol. The molecule has 1 aromatic carbocycles. The Morgan fingerprint density at radius 3 is 2.93 bits per heavy atom. The second-order valence-corrected chi connectivity index (χ2v) is 2.72. The van der Waals surface area contributed by atoms with E-state index in [2.05, 4.69) is 5.32 Å². The van der Waals surface area contributed by atoms with Crippen LogP contribution in [0.1, 0.15) is 5.56 Å². The number of carbonyl (C=O) groups excluding carboxylic acids is 1. The molecular weight excluding hydrogens is 184 g/mol. The highest BCUT2D eigenvalue weighted by atomic mass is 16.5. The number of phenolic OH excluding ortho intramolecular Hbond substituents is 1. The lowest BCUT2D eigenvalue weighted by atomic mass is 10.2. The predicted molar refractivity (Wildman–Crippen MR) is 51.1 cm³/mol. The van der Waals surface area contributed by atoms with Gasteiger partial charge >= 0.3 is 6.03 Å². The summed E-state index contributed by atoms with van der Waals surface area (Å²) in [6.45, 7) is 0.311. The molecule has 0 aromatic heterocycles. The number of primary amides is 1. The first-order valence-electron chi connectivity index (χ1n) is 4.02. The lowest BCUT2D eigenvalue weighted by Gasteiger charge is -2.06. The van der Waals surface area contributed by atoms with E-state index in [1.807, 2.05) is 0 Å². The number of aromatic hydroxyl groups is 1. The van der Waals surface area contributed by atoms with Crippen LogP contribution >= 0.6 is 0 Å². The zero-order valence-electron chi connectivity index (χ0n) is 7.78. The molecule has 4 N–H and O–H groups in total. The molecule has 0 saturated heterocycles. The van der Waals surface area contributed by atoms with E-state index in [1.165, 1.54) is 13.2 Å². The van der Waals surface area contributed by atoms with E-state index in [-0.39, 0.29) is 5.75 Å². The van der Waals surface area contributed by atoms with Crippen LogP contribution in [0.25, 0.3) is 0 Å². The van der Waals surface area contributed by atoms with Gasteiger partial charge in [-0.1, -0.05) is 6.07 Å². The first kappa shape index (κ1) is 10.2. The zero-order chi connectivity index (χ0) is 10.6. The van der Waals surface area contributed by atoms with Crippen LogP contribution in [-0.2, 0) is 6.54 Å². The van der Waals surface area contributed by atoms with Crippen molar-refractivity contribution in [1.82, 2.24) is 5.32 Å².